The maximum absolute atomic E-state index is 6.00. The van der Waals surface area contributed by atoms with E-state index >= 15 is 0 Å². The summed E-state index contributed by atoms with van der Waals surface area (Å²) in [6.45, 7) is 6.47. The van der Waals surface area contributed by atoms with Crippen LogP contribution >= 0.6 is 27.5 Å². The van der Waals surface area contributed by atoms with Crippen LogP contribution in [0.25, 0.3) is 0 Å². The summed E-state index contributed by atoms with van der Waals surface area (Å²) in [5, 5.41) is 3.68. The highest BCUT2D eigenvalue weighted by molar-refractivity contribution is 9.11. The third-order valence-electron chi connectivity index (χ3n) is 1.84. The number of nitrogens with one attached hydrogen (secondary N) is 1. The van der Waals surface area contributed by atoms with Crippen LogP contribution in [0.2, 0.25) is 5.15 Å². The molecule has 1 aromatic heterocycles. The second-order valence-corrected chi connectivity index (χ2v) is 4.59. The highest BCUT2D eigenvalue weighted by atomic mass is 79.9. The van der Waals surface area contributed by atoms with E-state index in [0.717, 1.165) is 28.7 Å². The minimum atomic E-state index is 0.523. The van der Waals surface area contributed by atoms with Crippen molar-refractivity contribution in [2.45, 2.75) is 19.8 Å². The SMILES string of the molecule is C=C(Br)CNc1ncnc(Cl)c1CCC. The molecule has 0 aliphatic carbocycles. The molecule has 15 heavy (non-hydrogen) atoms. The zero-order valence-corrected chi connectivity index (χ0v) is 10.9. The maximum Gasteiger partial charge on any atom is 0.137 e. The molecule has 1 heterocycles. The van der Waals surface area contributed by atoms with E-state index in [4.69, 9.17) is 11.6 Å². The van der Waals surface area contributed by atoms with E-state index in [9.17, 15) is 0 Å². The van der Waals surface area contributed by atoms with Crippen molar-refractivity contribution in [1.29, 1.82) is 0 Å². The van der Waals surface area contributed by atoms with Gasteiger partial charge in [-0.2, -0.15) is 0 Å². The summed E-state index contributed by atoms with van der Waals surface area (Å²) in [5.74, 6) is 0.789. The molecule has 1 rings (SSSR count). The van der Waals surface area contributed by atoms with Crippen molar-refractivity contribution in [3.63, 3.8) is 0 Å². The van der Waals surface area contributed by atoms with Crippen LogP contribution in [0.5, 0.6) is 0 Å². The molecule has 3 nitrogen and oxygen atoms in total. The third-order valence-corrected chi connectivity index (χ3v) is 2.45. The fourth-order valence-corrected chi connectivity index (χ4v) is 1.56. The van der Waals surface area contributed by atoms with Gasteiger partial charge in [0, 0.05) is 16.6 Å². The second kappa shape index (κ2) is 6.08. The molecule has 0 unspecified atom stereocenters. The van der Waals surface area contributed by atoms with E-state index in [1.54, 1.807) is 0 Å². The van der Waals surface area contributed by atoms with Gasteiger partial charge in [0.1, 0.15) is 17.3 Å². The Hall–Kier alpha value is -0.610. The smallest absolute Gasteiger partial charge is 0.137 e. The quantitative estimate of drug-likeness (QED) is 0.845. The van der Waals surface area contributed by atoms with E-state index in [1.165, 1.54) is 6.33 Å². The van der Waals surface area contributed by atoms with Gasteiger partial charge in [0.2, 0.25) is 0 Å². The predicted molar refractivity (Wildman–Crippen MR) is 67.6 cm³/mol. The second-order valence-electron chi connectivity index (χ2n) is 3.11. The van der Waals surface area contributed by atoms with Gasteiger partial charge in [-0.1, -0.05) is 47.5 Å². The first-order valence-corrected chi connectivity index (χ1v) is 5.88. The molecule has 0 fully saturated rings. The standard InChI is InChI=1S/C10H13BrClN3/c1-3-4-8-9(12)14-6-15-10(8)13-5-7(2)11/h6H,2-5H2,1H3,(H,13,14,15). The molecule has 0 aromatic carbocycles. The number of halogens is 2. The van der Waals surface area contributed by atoms with Crippen molar-refractivity contribution in [1.82, 2.24) is 9.97 Å². The highest BCUT2D eigenvalue weighted by Gasteiger charge is 2.08. The maximum atomic E-state index is 6.00. The topological polar surface area (TPSA) is 37.8 Å². The minimum Gasteiger partial charge on any atom is -0.365 e. The largest absolute Gasteiger partial charge is 0.365 e. The van der Waals surface area contributed by atoms with Gasteiger partial charge in [-0.25, -0.2) is 9.97 Å². The van der Waals surface area contributed by atoms with Gasteiger partial charge in [0.05, 0.1) is 0 Å². The first-order chi connectivity index (χ1) is 7.15. The molecule has 0 amide bonds. The molecule has 1 N–H and O–H groups in total. The van der Waals surface area contributed by atoms with Crippen molar-refractivity contribution in [3.05, 3.63) is 28.1 Å². The molecular weight excluding hydrogens is 277 g/mol. The van der Waals surface area contributed by atoms with Gasteiger partial charge in [0.15, 0.2) is 0 Å². The fraction of sp³-hybridized carbons (Fsp3) is 0.400. The number of rotatable bonds is 5. The first-order valence-electron chi connectivity index (χ1n) is 4.71. The third kappa shape index (κ3) is 3.80. The average molecular weight is 291 g/mol. The monoisotopic (exact) mass is 289 g/mol. The van der Waals surface area contributed by atoms with Crippen LogP contribution in [0, 0.1) is 0 Å². The zero-order valence-electron chi connectivity index (χ0n) is 8.56. The summed E-state index contributed by atoms with van der Waals surface area (Å²) in [7, 11) is 0. The van der Waals surface area contributed by atoms with Crippen molar-refractivity contribution in [3.8, 4) is 0 Å². The van der Waals surface area contributed by atoms with Crippen molar-refractivity contribution in [2.75, 3.05) is 11.9 Å². The molecule has 1 aromatic rings. The first kappa shape index (κ1) is 12.5. The Labute approximate surface area is 103 Å². The van der Waals surface area contributed by atoms with Crippen molar-refractivity contribution < 1.29 is 0 Å². The van der Waals surface area contributed by atoms with Gasteiger partial charge >= 0.3 is 0 Å². The molecule has 82 valence electrons. The molecule has 0 atom stereocenters. The van der Waals surface area contributed by atoms with Crippen LogP contribution in [-0.4, -0.2) is 16.5 Å². The lowest BCUT2D eigenvalue weighted by Gasteiger charge is -2.10. The Morgan fingerprint density at radius 1 is 1.60 bits per heavy atom. The van der Waals surface area contributed by atoms with E-state index in [-0.39, 0.29) is 0 Å². The van der Waals surface area contributed by atoms with E-state index in [1.807, 2.05) is 0 Å². The predicted octanol–water partition coefficient (Wildman–Crippen LogP) is 3.40. The van der Waals surface area contributed by atoms with Gasteiger partial charge < -0.3 is 5.32 Å². The van der Waals surface area contributed by atoms with Crippen LogP contribution in [-0.2, 0) is 6.42 Å². The summed E-state index contributed by atoms with van der Waals surface area (Å²) >= 11 is 9.28. The highest BCUT2D eigenvalue weighted by Crippen LogP contribution is 2.21. The summed E-state index contributed by atoms with van der Waals surface area (Å²) < 4.78 is 0.875. The number of anilines is 1. The number of nitrogens with zero attached hydrogens (tertiary/aromatic N) is 2. The lowest BCUT2D eigenvalue weighted by atomic mass is 10.2. The van der Waals surface area contributed by atoms with Crippen LogP contribution in [0.3, 0.4) is 0 Å². The number of hydrogen-bond donors (Lipinski definition) is 1. The Morgan fingerprint density at radius 2 is 2.33 bits per heavy atom. The van der Waals surface area contributed by atoms with Crippen molar-refractivity contribution in [2.24, 2.45) is 0 Å². The van der Waals surface area contributed by atoms with Gasteiger partial charge in [0.25, 0.3) is 0 Å². The van der Waals surface area contributed by atoms with E-state index in [0.29, 0.717) is 11.7 Å². The molecular formula is C10H13BrClN3. The summed E-state index contributed by atoms with van der Waals surface area (Å²) in [6.07, 6.45) is 3.34. The summed E-state index contributed by atoms with van der Waals surface area (Å²) in [6, 6.07) is 0. The normalized spacial score (nSPS) is 10.1. The lowest BCUT2D eigenvalue weighted by molar-refractivity contribution is 0.901. The molecule has 5 heteroatoms. The number of aromatic nitrogens is 2. The Balaban J connectivity index is 2.85. The minimum absolute atomic E-state index is 0.523. The van der Waals surface area contributed by atoms with Gasteiger partial charge in [-0.15, -0.1) is 0 Å². The summed E-state index contributed by atoms with van der Waals surface area (Å²) in [4.78, 5) is 8.13. The Bertz CT molecular complexity index is 355. The van der Waals surface area contributed by atoms with E-state index in [2.05, 4.69) is 44.7 Å². The zero-order chi connectivity index (χ0) is 11.3. The average Bonchev–Trinajstić information content (AvgIpc) is 2.19. The number of hydrogen-bond acceptors (Lipinski definition) is 3. The molecule has 0 spiro atoms. The van der Waals surface area contributed by atoms with Gasteiger partial charge in [-0.05, 0) is 6.42 Å². The molecule has 0 bridgehead atoms. The molecule has 0 saturated carbocycles. The van der Waals surface area contributed by atoms with Crippen LogP contribution in [0.15, 0.2) is 17.4 Å². The van der Waals surface area contributed by atoms with Crippen LogP contribution in [0.4, 0.5) is 5.82 Å². The molecule has 0 aliphatic rings. The lowest BCUT2D eigenvalue weighted by Crippen LogP contribution is -2.07. The molecule has 0 saturated heterocycles. The van der Waals surface area contributed by atoms with Crippen LogP contribution < -0.4 is 5.32 Å². The van der Waals surface area contributed by atoms with E-state index < -0.39 is 0 Å². The van der Waals surface area contributed by atoms with Gasteiger partial charge in [-0.3, -0.25) is 0 Å². The van der Waals surface area contributed by atoms with Crippen LogP contribution in [0.1, 0.15) is 18.9 Å². The molecule has 0 radical (unpaired) electrons. The molecule has 0 aliphatic heterocycles. The fourth-order valence-electron chi connectivity index (χ4n) is 1.19. The summed E-state index contributed by atoms with van der Waals surface area (Å²) in [5.41, 5.74) is 0.968. The Morgan fingerprint density at radius 3 is 2.93 bits per heavy atom. The van der Waals surface area contributed by atoms with Crippen molar-refractivity contribution >= 4 is 33.3 Å². The Kier molecular flexibility index (Phi) is 5.05.